The molecule has 3 fully saturated rings. The van der Waals surface area contributed by atoms with Gasteiger partial charge in [0.2, 0.25) is 0 Å². The van der Waals surface area contributed by atoms with Crippen molar-refractivity contribution >= 4 is 0 Å². The minimum absolute atomic E-state index is 0.483. The van der Waals surface area contributed by atoms with Gasteiger partial charge >= 0.3 is 0 Å². The van der Waals surface area contributed by atoms with Crippen LogP contribution in [0.4, 0.5) is 0 Å². The van der Waals surface area contributed by atoms with Gasteiger partial charge in [-0.25, -0.2) is 0 Å². The van der Waals surface area contributed by atoms with Crippen LogP contribution < -0.4 is 5.32 Å². The molecule has 2 nitrogen and oxygen atoms in total. The summed E-state index contributed by atoms with van der Waals surface area (Å²) in [5, 5.41) is 3.91. The molecule has 3 unspecified atom stereocenters. The maximum absolute atomic E-state index is 3.91. The van der Waals surface area contributed by atoms with Crippen molar-refractivity contribution in [3.8, 4) is 0 Å². The minimum atomic E-state index is 0.483. The van der Waals surface area contributed by atoms with Gasteiger partial charge in [0, 0.05) is 18.1 Å². The van der Waals surface area contributed by atoms with Crippen LogP contribution in [0.2, 0.25) is 0 Å². The average Bonchev–Trinajstić information content (AvgIpc) is 2.74. The third-order valence-electron chi connectivity index (χ3n) is 6.32. The van der Waals surface area contributed by atoms with Gasteiger partial charge in [-0.3, -0.25) is 4.90 Å². The molecule has 0 bridgehead atoms. The lowest BCUT2D eigenvalue weighted by Crippen LogP contribution is -2.53. The van der Waals surface area contributed by atoms with Crippen LogP contribution in [-0.2, 0) is 0 Å². The van der Waals surface area contributed by atoms with Gasteiger partial charge in [0.05, 0.1) is 0 Å². The first-order valence-corrected chi connectivity index (χ1v) is 8.69. The van der Waals surface area contributed by atoms with E-state index in [-0.39, 0.29) is 0 Å². The summed E-state index contributed by atoms with van der Waals surface area (Å²) in [4.78, 5) is 2.88. The molecule has 2 saturated carbocycles. The van der Waals surface area contributed by atoms with Crippen molar-refractivity contribution in [2.24, 2.45) is 11.8 Å². The van der Waals surface area contributed by atoms with Gasteiger partial charge in [-0.2, -0.15) is 0 Å². The molecule has 1 saturated heterocycles. The largest absolute Gasteiger partial charge is 0.310 e. The first-order chi connectivity index (χ1) is 9.20. The van der Waals surface area contributed by atoms with E-state index < -0.39 is 0 Å². The van der Waals surface area contributed by atoms with Gasteiger partial charge in [-0.05, 0) is 50.6 Å². The number of nitrogens with one attached hydrogen (secondary N) is 1. The Morgan fingerprint density at radius 2 is 1.79 bits per heavy atom. The van der Waals surface area contributed by atoms with E-state index in [9.17, 15) is 0 Å². The smallest absolute Gasteiger partial charge is 0.0308 e. The second-order valence-electron chi connectivity index (χ2n) is 7.57. The third kappa shape index (κ3) is 2.85. The fraction of sp³-hybridized carbons (Fsp3) is 1.00. The highest BCUT2D eigenvalue weighted by molar-refractivity contribution is 4.99. The Kier molecular flexibility index (Phi) is 4.19. The molecule has 2 aliphatic carbocycles. The van der Waals surface area contributed by atoms with Crippen molar-refractivity contribution in [3.63, 3.8) is 0 Å². The Labute approximate surface area is 119 Å². The van der Waals surface area contributed by atoms with E-state index in [2.05, 4.69) is 24.1 Å². The highest BCUT2D eigenvalue weighted by atomic mass is 15.2. The molecular weight excluding hydrogens is 232 g/mol. The van der Waals surface area contributed by atoms with E-state index in [1.165, 1.54) is 71.0 Å². The van der Waals surface area contributed by atoms with E-state index >= 15 is 0 Å². The van der Waals surface area contributed by atoms with Gasteiger partial charge in [-0.15, -0.1) is 0 Å². The van der Waals surface area contributed by atoms with E-state index in [0.717, 1.165) is 17.9 Å². The summed E-state index contributed by atoms with van der Waals surface area (Å²) in [6.45, 7) is 8.88. The van der Waals surface area contributed by atoms with Crippen LogP contribution in [0.15, 0.2) is 0 Å². The van der Waals surface area contributed by atoms with Crippen LogP contribution in [0.5, 0.6) is 0 Å². The van der Waals surface area contributed by atoms with Crippen LogP contribution >= 0.6 is 0 Å². The summed E-state index contributed by atoms with van der Waals surface area (Å²) >= 11 is 0. The lowest BCUT2D eigenvalue weighted by molar-refractivity contribution is 0.0657. The van der Waals surface area contributed by atoms with Crippen molar-refractivity contribution in [2.75, 3.05) is 19.6 Å². The molecule has 0 amide bonds. The number of hydrogen-bond acceptors (Lipinski definition) is 2. The molecule has 0 aromatic rings. The molecule has 1 heterocycles. The Bertz CT molecular complexity index is 296. The summed E-state index contributed by atoms with van der Waals surface area (Å²) in [6.07, 6.45) is 11.4. The molecule has 3 rings (SSSR count). The predicted molar refractivity (Wildman–Crippen MR) is 81.4 cm³/mol. The van der Waals surface area contributed by atoms with Crippen LogP contribution in [0.1, 0.15) is 65.2 Å². The second kappa shape index (κ2) is 5.73. The summed E-state index contributed by atoms with van der Waals surface area (Å²) < 4.78 is 0. The normalized spacial score (nSPS) is 40.4. The van der Waals surface area contributed by atoms with Crippen molar-refractivity contribution in [3.05, 3.63) is 0 Å². The topological polar surface area (TPSA) is 15.3 Å². The number of rotatable bonds is 1. The number of nitrogens with zero attached hydrogens (tertiary/aromatic N) is 1. The van der Waals surface area contributed by atoms with Crippen molar-refractivity contribution in [1.29, 1.82) is 0 Å². The van der Waals surface area contributed by atoms with Gasteiger partial charge in [-0.1, -0.05) is 39.5 Å². The summed E-state index contributed by atoms with van der Waals surface area (Å²) in [5.41, 5.74) is 0.483. The van der Waals surface area contributed by atoms with Crippen molar-refractivity contribution in [1.82, 2.24) is 10.2 Å². The molecule has 1 N–H and O–H groups in total. The van der Waals surface area contributed by atoms with Gasteiger partial charge in [0.25, 0.3) is 0 Å². The summed E-state index contributed by atoms with van der Waals surface area (Å²) in [5.74, 6) is 1.82. The first-order valence-electron chi connectivity index (χ1n) is 8.69. The first kappa shape index (κ1) is 13.9. The lowest BCUT2D eigenvalue weighted by atomic mass is 9.77. The Balaban J connectivity index is 1.71. The zero-order chi connectivity index (χ0) is 13.3. The predicted octanol–water partition coefficient (Wildman–Crippen LogP) is 3.42. The zero-order valence-electron chi connectivity index (χ0n) is 13.0. The molecule has 3 aliphatic rings. The van der Waals surface area contributed by atoms with Gasteiger partial charge < -0.3 is 5.32 Å². The molecule has 19 heavy (non-hydrogen) atoms. The van der Waals surface area contributed by atoms with E-state index in [0.29, 0.717) is 5.54 Å². The Morgan fingerprint density at radius 3 is 2.58 bits per heavy atom. The van der Waals surface area contributed by atoms with Gasteiger partial charge in [0.15, 0.2) is 0 Å². The SMILES string of the molecule is CC1CCCC(N2CCCNC3(CCCC3)C2)C1C. The minimum Gasteiger partial charge on any atom is -0.310 e. The maximum Gasteiger partial charge on any atom is 0.0308 e. The van der Waals surface area contributed by atoms with Crippen molar-refractivity contribution < 1.29 is 0 Å². The lowest BCUT2D eigenvalue weighted by Gasteiger charge is -2.44. The highest BCUT2D eigenvalue weighted by Gasteiger charge is 2.40. The van der Waals surface area contributed by atoms with E-state index in [1.807, 2.05) is 0 Å². The third-order valence-corrected chi connectivity index (χ3v) is 6.32. The standard InChI is InChI=1S/C17H32N2/c1-14-7-5-8-16(15(14)2)19-12-6-11-18-17(13-19)9-3-4-10-17/h14-16,18H,3-13H2,1-2H3. The monoisotopic (exact) mass is 264 g/mol. The second-order valence-corrected chi connectivity index (χ2v) is 7.57. The molecule has 0 radical (unpaired) electrons. The average molecular weight is 264 g/mol. The van der Waals surface area contributed by atoms with Crippen LogP contribution in [0.25, 0.3) is 0 Å². The fourth-order valence-corrected chi connectivity index (χ4v) is 4.90. The Hall–Kier alpha value is -0.0800. The van der Waals surface area contributed by atoms with Crippen LogP contribution in [0, 0.1) is 11.8 Å². The quantitative estimate of drug-likeness (QED) is 0.780. The Morgan fingerprint density at radius 1 is 1.00 bits per heavy atom. The molecule has 110 valence electrons. The van der Waals surface area contributed by atoms with Crippen LogP contribution in [-0.4, -0.2) is 36.1 Å². The zero-order valence-corrected chi connectivity index (χ0v) is 13.0. The summed E-state index contributed by atoms with van der Waals surface area (Å²) in [6, 6.07) is 0.862. The molecular formula is C17H32N2. The molecule has 0 aromatic heterocycles. The van der Waals surface area contributed by atoms with Gasteiger partial charge in [0.1, 0.15) is 0 Å². The molecule has 3 atom stereocenters. The number of hydrogen-bond donors (Lipinski definition) is 1. The maximum atomic E-state index is 3.91. The van der Waals surface area contributed by atoms with Crippen molar-refractivity contribution in [2.45, 2.75) is 76.8 Å². The molecule has 1 aliphatic heterocycles. The molecule has 0 aromatic carbocycles. The van der Waals surface area contributed by atoms with Crippen LogP contribution in [0.3, 0.4) is 0 Å². The van der Waals surface area contributed by atoms with E-state index in [4.69, 9.17) is 0 Å². The fourth-order valence-electron chi connectivity index (χ4n) is 4.90. The van der Waals surface area contributed by atoms with E-state index in [1.54, 1.807) is 0 Å². The highest BCUT2D eigenvalue weighted by Crippen LogP contribution is 2.37. The molecule has 1 spiro atoms. The summed E-state index contributed by atoms with van der Waals surface area (Å²) in [7, 11) is 0. The molecule has 2 heteroatoms.